The summed E-state index contributed by atoms with van der Waals surface area (Å²) < 4.78 is 1.79. The van der Waals surface area contributed by atoms with Crippen LogP contribution >= 0.6 is 0 Å². The molecule has 0 atom stereocenters. The van der Waals surface area contributed by atoms with Gasteiger partial charge in [-0.2, -0.15) is 0 Å². The predicted octanol–water partition coefficient (Wildman–Crippen LogP) is 2.06. The van der Waals surface area contributed by atoms with Crippen LogP contribution in [0.2, 0.25) is 0 Å². The molecule has 1 amide bonds. The molecule has 116 valence electrons. The van der Waals surface area contributed by atoms with Crippen LogP contribution in [0.15, 0.2) is 42.9 Å². The molecule has 7 nitrogen and oxygen atoms in total. The number of hydrogen-bond acceptors (Lipinski definition) is 5. The molecule has 0 aliphatic carbocycles. The largest absolute Gasteiger partial charge is 0.303 e. The molecule has 0 saturated carbocycles. The number of aldehydes is 1. The van der Waals surface area contributed by atoms with Crippen LogP contribution in [0, 0.1) is 0 Å². The molecule has 1 aromatic carbocycles. The molecule has 2 heterocycles. The van der Waals surface area contributed by atoms with Gasteiger partial charge in [0, 0.05) is 18.5 Å². The van der Waals surface area contributed by atoms with E-state index in [2.05, 4.69) is 20.3 Å². The zero-order chi connectivity index (χ0) is 16.1. The van der Waals surface area contributed by atoms with Gasteiger partial charge in [0.15, 0.2) is 5.65 Å². The number of anilines is 1. The van der Waals surface area contributed by atoms with Crippen LogP contribution in [0.5, 0.6) is 0 Å². The summed E-state index contributed by atoms with van der Waals surface area (Å²) in [7, 11) is 0. The van der Waals surface area contributed by atoms with Crippen LogP contribution in [0.25, 0.3) is 11.2 Å². The maximum Gasteiger partial charge on any atom is 0.257 e. The van der Waals surface area contributed by atoms with Crippen molar-refractivity contribution in [3.05, 3.63) is 48.4 Å². The van der Waals surface area contributed by atoms with Gasteiger partial charge in [-0.05, 0) is 18.6 Å². The van der Waals surface area contributed by atoms with Gasteiger partial charge >= 0.3 is 0 Å². The third kappa shape index (κ3) is 3.23. The van der Waals surface area contributed by atoms with Crippen LogP contribution in [-0.4, -0.2) is 31.7 Å². The number of rotatable bonds is 6. The van der Waals surface area contributed by atoms with Gasteiger partial charge in [0.05, 0.1) is 6.20 Å². The Labute approximate surface area is 132 Å². The molecule has 7 heteroatoms. The van der Waals surface area contributed by atoms with Crippen molar-refractivity contribution in [1.82, 2.24) is 19.5 Å². The monoisotopic (exact) mass is 309 g/mol. The first-order valence-corrected chi connectivity index (χ1v) is 7.26. The summed E-state index contributed by atoms with van der Waals surface area (Å²) in [5, 5.41) is 2.80. The number of aromatic nitrogens is 4. The molecule has 0 spiro atoms. The summed E-state index contributed by atoms with van der Waals surface area (Å²) in [6, 6.07) is 8.91. The van der Waals surface area contributed by atoms with Crippen LogP contribution < -0.4 is 5.32 Å². The lowest BCUT2D eigenvalue weighted by Crippen LogP contribution is -2.16. The van der Waals surface area contributed by atoms with E-state index >= 15 is 0 Å². The summed E-state index contributed by atoms with van der Waals surface area (Å²) >= 11 is 0. The first-order valence-electron chi connectivity index (χ1n) is 7.26. The van der Waals surface area contributed by atoms with Gasteiger partial charge in [0.25, 0.3) is 5.91 Å². The average Bonchev–Trinajstić information content (AvgIpc) is 2.93. The van der Waals surface area contributed by atoms with Crippen LogP contribution in [0.1, 0.15) is 23.2 Å². The number of unbranched alkanes of at least 4 members (excludes halogenated alkanes) is 1. The summed E-state index contributed by atoms with van der Waals surface area (Å²) in [5.74, 6) is 0.158. The maximum atomic E-state index is 12.3. The fourth-order valence-corrected chi connectivity index (χ4v) is 2.28. The minimum atomic E-state index is -0.245. The van der Waals surface area contributed by atoms with Gasteiger partial charge < -0.3 is 4.79 Å². The van der Waals surface area contributed by atoms with E-state index in [9.17, 15) is 9.59 Å². The predicted molar refractivity (Wildman–Crippen MR) is 85.0 cm³/mol. The molecule has 1 N–H and O–H groups in total. The van der Waals surface area contributed by atoms with Gasteiger partial charge in [-0.15, -0.1) is 0 Å². The summed E-state index contributed by atoms with van der Waals surface area (Å²) in [6.07, 6.45) is 4.99. The Morgan fingerprint density at radius 3 is 2.87 bits per heavy atom. The molecule has 0 unspecified atom stereocenters. The second kappa shape index (κ2) is 6.78. The quantitative estimate of drug-likeness (QED) is 0.556. The molecule has 3 aromatic rings. The highest BCUT2D eigenvalue weighted by Gasteiger charge is 2.15. The van der Waals surface area contributed by atoms with E-state index in [4.69, 9.17) is 0 Å². The van der Waals surface area contributed by atoms with E-state index in [1.807, 2.05) is 6.07 Å². The van der Waals surface area contributed by atoms with Crippen molar-refractivity contribution < 1.29 is 9.59 Å². The smallest absolute Gasteiger partial charge is 0.257 e. The Balaban J connectivity index is 1.91. The SMILES string of the molecule is O=CCCCn1c(NC(=O)c2ccccc2)nc2cncnc21. The lowest BCUT2D eigenvalue weighted by atomic mass is 10.2. The molecular weight excluding hydrogens is 294 g/mol. The van der Waals surface area contributed by atoms with Gasteiger partial charge in [-0.25, -0.2) is 15.0 Å². The molecule has 0 aliphatic heterocycles. The summed E-state index contributed by atoms with van der Waals surface area (Å²) in [4.78, 5) is 35.4. The Hall–Kier alpha value is -3.09. The number of nitrogens with one attached hydrogen (secondary N) is 1. The van der Waals surface area contributed by atoms with E-state index in [1.165, 1.54) is 6.33 Å². The number of amides is 1. The van der Waals surface area contributed by atoms with Crippen molar-refractivity contribution in [3.8, 4) is 0 Å². The number of nitrogens with zero attached hydrogens (tertiary/aromatic N) is 4. The van der Waals surface area contributed by atoms with Crippen LogP contribution in [0.4, 0.5) is 5.95 Å². The number of aryl methyl sites for hydroxylation is 1. The highest BCUT2D eigenvalue weighted by Crippen LogP contribution is 2.18. The van der Waals surface area contributed by atoms with E-state index in [0.717, 1.165) is 6.29 Å². The second-order valence-corrected chi connectivity index (χ2v) is 4.95. The zero-order valence-corrected chi connectivity index (χ0v) is 12.3. The maximum absolute atomic E-state index is 12.3. The van der Waals surface area contributed by atoms with Crippen molar-refractivity contribution >= 4 is 29.3 Å². The fraction of sp³-hybridized carbons (Fsp3) is 0.188. The minimum absolute atomic E-state index is 0.245. The third-order valence-corrected chi connectivity index (χ3v) is 3.38. The molecule has 2 aromatic heterocycles. The first kappa shape index (κ1) is 14.8. The molecule has 0 bridgehead atoms. The minimum Gasteiger partial charge on any atom is -0.303 e. The van der Waals surface area contributed by atoms with Crippen molar-refractivity contribution in [1.29, 1.82) is 0 Å². The lowest BCUT2D eigenvalue weighted by Gasteiger charge is -2.08. The van der Waals surface area contributed by atoms with E-state index in [-0.39, 0.29) is 5.91 Å². The lowest BCUT2D eigenvalue weighted by molar-refractivity contribution is -0.107. The van der Waals surface area contributed by atoms with Gasteiger partial charge in [0.1, 0.15) is 18.1 Å². The fourth-order valence-electron chi connectivity index (χ4n) is 2.28. The second-order valence-electron chi connectivity index (χ2n) is 4.95. The number of hydrogen-bond donors (Lipinski definition) is 1. The van der Waals surface area contributed by atoms with E-state index < -0.39 is 0 Å². The molecule has 0 aliphatic rings. The van der Waals surface area contributed by atoms with Crippen LogP contribution in [-0.2, 0) is 11.3 Å². The summed E-state index contributed by atoms with van der Waals surface area (Å²) in [6.45, 7) is 0.538. The van der Waals surface area contributed by atoms with Crippen molar-refractivity contribution in [2.45, 2.75) is 19.4 Å². The van der Waals surface area contributed by atoms with Gasteiger partial charge in [-0.1, -0.05) is 18.2 Å². The zero-order valence-electron chi connectivity index (χ0n) is 12.3. The molecule has 0 saturated heterocycles. The van der Waals surface area contributed by atoms with Crippen LogP contribution in [0.3, 0.4) is 0 Å². The molecule has 0 radical (unpaired) electrons. The molecule has 23 heavy (non-hydrogen) atoms. The van der Waals surface area contributed by atoms with Gasteiger partial charge in [-0.3, -0.25) is 14.7 Å². The Bertz CT molecular complexity index is 829. The third-order valence-electron chi connectivity index (χ3n) is 3.38. The Morgan fingerprint density at radius 1 is 1.26 bits per heavy atom. The standard InChI is InChI=1S/C16H15N5O2/c22-9-5-4-8-21-14-13(10-17-11-18-14)19-16(21)20-15(23)12-6-2-1-3-7-12/h1-3,6-7,9-11H,4-5,8H2,(H,19,20,23). The number of imidazole rings is 1. The van der Waals surface area contributed by atoms with Crippen molar-refractivity contribution in [2.75, 3.05) is 5.32 Å². The van der Waals surface area contributed by atoms with E-state index in [1.54, 1.807) is 35.0 Å². The molecule has 0 fully saturated rings. The molecular formula is C16H15N5O2. The highest BCUT2D eigenvalue weighted by molar-refractivity contribution is 6.03. The van der Waals surface area contributed by atoms with Gasteiger partial charge in [0.2, 0.25) is 5.95 Å². The Kier molecular flexibility index (Phi) is 4.37. The topological polar surface area (TPSA) is 89.8 Å². The highest BCUT2D eigenvalue weighted by atomic mass is 16.1. The van der Waals surface area contributed by atoms with E-state index in [0.29, 0.717) is 42.1 Å². The number of fused-ring (bicyclic) bond motifs is 1. The van der Waals surface area contributed by atoms with Crippen molar-refractivity contribution in [2.24, 2.45) is 0 Å². The van der Waals surface area contributed by atoms with Crippen molar-refractivity contribution in [3.63, 3.8) is 0 Å². The Morgan fingerprint density at radius 2 is 2.09 bits per heavy atom. The number of carbonyl (C=O) groups excluding carboxylic acids is 2. The number of benzene rings is 1. The first-order chi connectivity index (χ1) is 11.3. The summed E-state index contributed by atoms with van der Waals surface area (Å²) in [5.41, 5.74) is 1.78. The molecule has 3 rings (SSSR count). The number of carbonyl (C=O) groups is 2. The normalized spacial score (nSPS) is 10.6. The average molecular weight is 309 g/mol.